The lowest BCUT2D eigenvalue weighted by molar-refractivity contribution is -0.143. The van der Waals surface area contributed by atoms with Crippen LogP contribution in [0.15, 0.2) is 4.99 Å². The second-order valence-corrected chi connectivity index (χ2v) is 7.46. The van der Waals surface area contributed by atoms with Crippen LogP contribution >= 0.6 is 12.6 Å². The monoisotopic (exact) mass is 447 g/mol. The zero-order chi connectivity index (χ0) is 23.4. The smallest absolute Gasteiger partial charge is 0.326 e. The third-order valence-corrected chi connectivity index (χ3v) is 4.47. The van der Waals surface area contributed by atoms with Crippen molar-refractivity contribution in [2.45, 2.75) is 57.8 Å². The summed E-state index contributed by atoms with van der Waals surface area (Å²) >= 11 is 4.03. The van der Waals surface area contributed by atoms with E-state index in [-0.39, 0.29) is 17.6 Å². The highest BCUT2D eigenvalue weighted by Gasteiger charge is 2.29. The normalized spacial score (nSPS) is 14.7. The molecule has 0 aliphatic rings. The van der Waals surface area contributed by atoms with Gasteiger partial charge in [0.05, 0.1) is 6.04 Å². The van der Waals surface area contributed by atoms with E-state index in [4.69, 9.17) is 17.2 Å². The molecule has 0 saturated carbocycles. The van der Waals surface area contributed by atoms with Crippen LogP contribution in [-0.2, 0) is 19.2 Å². The highest BCUT2D eigenvalue weighted by Crippen LogP contribution is 2.03. The lowest BCUT2D eigenvalue weighted by Crippen LogP contribution is -2.57. The molecule has 0 saturated heterocycles. The van der Waals surface area contributed by atoms with Crippen LogP contribution < -0.4 is 33.2 Å². The first kappa shape index (κ1) is 27.5. The number of guanidine groups is 1. The molecule has 0 radical (unpaired) electrons. The molecule has 0 spiro atoms. The van der Waals surface area contributed by atoms with E-state index in [9.17, 15) is 24.3 Å². The Kier molecular flexibility index (Phi) is 12.5. The predicted octanol–water partition coefficient (Wildman–Crippen LogP) is -2.49. The van der Waals surface area contributed by atoms with Gasteiger partial charge in [-0.15, -0.1) is 0 Å². The van der Waals surface area contributed by atoms with Gasteiger partial charge in [0.15, 0.2) is 5.96 Å². The van der Waals surface area contributed by atoms with Gasteiger partial charge in [-0.2, -0.15) is 12.6 Å². The average molecular weight is 448 g/mol. The first-order valence-electron chi connectivity index (χ1n) is 9.46. The molecule has 13 heteroatoms. The Labute approximate surface area is 181 Å². The number of thiol groups is 1. The lowest BCUT2D eigenvalue weighted by atomic mass is 10.0. The number of aliphatic imine (C=N–C) groups is 1. The minimum absolute atomic E-state index is 0.0517. The molecule has 10 N–H and O–H groups in total. The molecular weight excluding hydrogens is 414 g/mol. The van der Waals surface area contributed by atoms with E-state index < -0.39 is 47.9 Å². The molecule has 12 nitrogen and oxygen atoms in total. The predicted molar refractivity (Wildman–Crippen MR) is 116 cm³/mol. The summed E-state index contributed by atoms with van der Waals surface area (Å²) in [7, 11) is 0. The van der Waals surface area contributed by atoms with Gasteiger partial charge in [0, 0.05) is 12.3 Å². The van der Waals surface area contributed by atoms with Crippen LogP contribution in [0.4, 0.5) is 0 Å². The maximum absolute atomic E-state index is 12.3. The maximum atomic E-state index is 12.3. The first-order chi connectivity index (χ1) is 13.9. The third-order valence-electron chi connectivity index (χ3n) is 4.10. The van der Waals surface area contributed by atoms with Crippen LogP contribution in [0.25, 0.3) is 0 Å². The Morgan fingerprint density at radius 2 is 1.60 bits per heavy atom. The Morgan fingerprint density at radius 3 is 2.07 bits per heavy atom. The number of nitrogens with two attached hydrogens (primary N) is 3. The molecule has 4 unspecified atom stereocenters. The molecular formula is C17H33N7O5S. The second kappa shape index (κ2) is 13.6. The fraction of sp³-hybridized carbons (Fsp3) is 0.706. The molecule has 0 aromatic heterocycles. The Morgan fingerprint density at radius 1 is 1.00 bits per heavy atom. The number of carboxylic acids is 1. The number of aliphatic carboxylic acids is 1. The summed E-state index contributed by atoms with van der Waals surface area (Å²) in [4.78, 5) is 51.7. The van der Waals surface area contributed by atoms with Gasteiger partial charge in [-0.3, -0.25) is 19.4 Å². The van der Waals surface area contributed by atoms with Crippen molar-refractivity contribution in [2.24, 2.45) is 28.1 Å². The fourth-order valence-electron chi connectivity index (χ4n) is 2.29. The van der Waals surface area contributed by atoms with E-state index in [0.29, 0.717) is 19.4 Å². The van der Waals surface area contributed by atoms with Crippen LogP contribution in [-0.4, -0.2) is 71.2 Å². The quantitative estimate of drug-likeness (QED) is 0.0652. The number of carbonyl (C=O) groups excluding carboxylic acids is 3. The Balaban J connectivity index is 4.69. The summed E-state index contributed by atoms with van der Waals surface area (Å²) in [5, 5.41) is 16.4. The highest BCUT2D eigenvalue weighted by molar-refractivity contribution is 7.80. The summed E-state index contributed by atoms with van der Waals surface area (Å²) in [6, 6.07) is -4.02. The van der Waals surface area contributed by atoms with E-state index >= 15 is 0 Å². The van der Waals surface area contributed by atoms with Crippen molar-refractivity contribution in [3.8, 4) is 0 Å². The zero-order valence-electron chi connectivity index (χ0n) is 17.4. The molecule has 172 valence electrons. The van der Waals surface area contributed by atoms with Gasteiger partial charge in [0.25, 0.3) is 0 Å². The van der Waals surface area contributed by atoms with E-state index in [0.717, 1.165) is 0 Å². The highest BCUT2D eigenvalue weighted by atomic mass is 32.1. The maximum Gasteiger partial charge on any atom is 0.326 e. The number of rotatable bonds is 13. The molecule has 3 amide bonds. The lowest BCUT2D eigenvalue weighted by Gasteiger charge is -2.24. The van der Waals surface area contributed by atoms with Crippen LogP contribution in [0.5, 0.6) is 0 Å². The number of nitrogens with zero attached hydrogens (tertiary/aromatic N) is 1. The number of hydrogen-bond acceptors (Lipinski definition) is 7. The minimum atomic E-state index is -1.18. The van der Waals surface area contributed by atoms with Gasteiger partial charge in [0.1, 0.15) is 18.1 Å². The molecule has 0 aliphatic heterocycles. The molecule has 0 rings (SSSR count). The van der Waals surface area contributed by atoms with Crippen molar-refractivity contribution in [3.05, 3.63) is 0 Å². The van der Waals surface area contributed by atoms with E-state index in [1.165, 1.54) is 6.92 Å². The number of carboxylic acid groups (broad SMARTS) is 1. The van der Waals surface area contributed by atoms with Crippen LogP contribution in [0, 0.1) is 5.92 Å². The number of nitrogens with one attached hydrogen (secondary N) is 3. The summed E-state index contributed by atoms with van der Waals surface area (Å²) in [5.74, 6) is -3.51. The average Bonchev–Trinajstić information content (AvgIpc) is 2.65. The summed E-state index contributed by atoms with van der Waals surface area (Å²) in [6.45, 7) is 5.05. The van der Waals surface area contributed by atoms with Crippen molar-refractivity contribution in [1.82, 2.24) is 16.0 Å². The van der Waals surface area contributed by atoms with E-state index in [2.05, 4.69) is 33.6 Å². The van der Waals surface area contributed by atoms with Crippen molar-refractivity contribution >= 4 is 42.3 Å². The van der Waals surface area contributed by atoms with Gasteiger partial charge < -0.3 is 38.3 Å². The van der Waals surface area contributed by atoms with Gasteiger partial charge in [-0.25, -0.2) is 4.79 Å². The number of carbonyl (C=O) groups is 4. The van der Waals surface area contributed by atoms with E-state index in [1.807, 2.05) is 0 Å². The van der Waals surface area contributed by atoms with Gasteiger partial charge in [-0.1, -0.05) is 13.8 Å². The van der Waals surface area contributed by atoms with Crippen LogP contribution in [0.1, 0.15) is 33.6 Å². The van der Waals surface area contributed by atoms with Gasteiger partial charge in [0.2, 0.25) is 17.7 Å². The molecule has 0 fully saturated rings. The molecule has 30 heavy (non-hydrogen) atoms. The van der Waals surface area contributed by atoms with Crippen molar-refractivity contribution in [1.29, 1.82) is 0 Å². The largest absolute Gasteiger partial charge is 0.480 e. The Hall–Kier alpha value is -2.54. The topological polar surface area (TPSA) is 215 Å². The molecule has 0 heterocycles. The number of amides is 3. The van der Waals surface area contributed by atoms with Gasteiger partial charge >= 0.3 is 5.97 Å². The van der Waals surface area contributed by atoms with Crippen molar-refractivity contribution < 1.29 is 24.3 Å². The molecule has 0 aromatic carbocycles. The Bertz CT molecular complexity index is 640. The van der Waals surface area contributed by atoms with Gasteiger partial charge in [-0.05, 0) is 25.7 Å². The summed E-state index contributed by atoms with van der Waals surface area (Å²) < 4.78 is 0. The number of hydrogen-bond donors (Lipinski definition) is 8. The third kappa shape index (κ3) is 10.3. The summed E-state index contributed by atoms with van der Waals surface area (Å²) in [5.41, 5.74) is 16.2. The first-order valence-corrected chi connectivity index (χ1v) is 10.1. The van der Waals surface area contributed by atoms with Crippen molar-refractivity contribution in [2.75, 3.05) is 12.3 Å². The van der Waals surface area contributed by atoms with Crippen molar-refractivity contribution in [3.63, 3.8) is 0 Å². The van der Waals surface area contributed by atoms with E-state index in [1.54, 1.807) is 13.8 Å². The van der Waals surface area contributed by atoms with Crippen LogP contribution in [0.2, 0.25) is 0 Å². The molecule has 4 atom stereocenters. The molecule has 0 bridgehead atoms. The minimum Gasteiger partial charge on any atom is -0.480 e. The standard InChI is InChI=1S/C17H33N7O5S/c1-8(2)12(16(28)29)24-15(27)11(7-30)23-13(25)9(3)22-14(26)10(18)5-4-6-21-17(19)20/h8-12,30H,4-7,18H2,1-3H3,(H,22,26)(H,23,25)(H,24,27)(H,28,29)(H4,19,20,21). The van der Waals surface area contributed by atoms with Crippen LogP contribution in [0.3, 0.4) is 0 Å². The summed E-state index contributed by atoms with van der Waals surface area (Å²) in [6.07, 6.45) is 0.792. The fourth-order valence-corrected chi connectivity index (χ4v) is 2.55. The second-order valence-electron chi connectivity index (χ2n) is 7.10. The zero-order valence-corrected chi connectivity index (χ0v) is 18.3. The molecule has 0 aliphatic carbocycles. The molecule has 0 aromatic rings. The SMILES string of the molecule is CC(NC(=O)C(N)CCCN=C(N)N)C(=O)NC(CS)C(=O)NC(C(=O)O)C(C)C.